The van der Waals surface area contributed by atoms with Crippen LogP contribution in [0.1, 0.15) is 47.3 Å². The number of carbonyl (C=O) groups excluding carboxylic acids is 1. The fourth-order valence-corrected chi connectivity index (χ4v) is 3.45. The number of nitrogens with zero attached hydrogens (tertiary/aromatic N) is 2. The van der Waals surface area contributed by atoms with E-state index in [0.29, 0.717) is 0 Å². The van der Waals surface area contributed by atoms with Crippen LogP contribution in [0.2, 0.25) is 0 Å². The zero-order valence-electron chi connectivity index (χ0n) is 17.8. The highest BCUT2D eigenvalue weighted by Crippen LogP contribution is 2.29. The summed E-state index contributed by atoms with van der Waals surface area (Å²) in [5.74, 6) is -0.524. The number of halogens is 3. The predicted octanol–water partition coefficient (Wildman–Crippen LogP) is 4.61. The first-order chi connectivity index (χ1) is 14.5. The van der Waals surface area contributed by atoms with Gasteiger partial charge >= 0.3 is 6.18 Å². The molecule has 2 aromatic carbocycles. The van der Waals surface area contributed by atoms with Gasteiger partial charge in [-0.25, -0.2) is 4.98 Å². The van der Waals surface area contributed by atoms with Crippen LogP contribution in [-0.4, -0.2) is 15.5 Å². The van der Waals surface area contributed by atoms with Gasteiger partial charge in [0, 0.05) is 6.54 Å². The molecule has 0 saturated heterocycles. The second kappa shape index (κ2) is 8.53. The topological polar surface area (TPSA) is 64.0 Å². The van der Waals surface area contributed by atoms with Crippen LogP contribution in [0.4, 0.5) is 13.2 Å². The molecule has 0 spiro atoms. The average molecular weight is 431 g/mol. The van der Waals surface area contributed by atoms with Crippen molar-refractivity contribution in [2.45, 2.75) is 52.9 Å². The van der Waals surface area contributed by atoms with E-state index in [0.717, 1.165) is 26.8 Å². The number of carbonyl (C=O) groups is 1. The van der Waals surface area contributed by atoms with Gasteiger partial charge in [-0.2, -0.15) is 13.2 Å². The van der Waals surface area contributed by atoms with Gasteiger partial charge < -0.3 is 5.32 Å². The Morgan fingerprint density at radius 3 is 2.29 bits per heavy atom. The third kappa shape index (κ3) is 4.62. The van der Waals surface area contributed by atoms with E-state index in [4.69, 9.17) is 0 Å². The first-order valence-electron chi connectivity index (χ1n) is 9.97. The number of amides is 1. The maximum absolute atomic E-state index is 13.5. The lowest BCUT2D eigenvalue weighted by molar-refractivity contribution is -0.142. The highest BCUT2D eigenvalue weighted by molar-refractivity contribution is 5.84. The van der Waals surface area contributed by atoms with Gasteiger partial charge in [0.15, 0.2) is 0 Å². The first-order valence-corrected chi connectivity index (χ1v) is 9.97. The predicted molar refractivity (Wildman–Crippen MR) is 113 cm³/mol. The summed E-state index contributed by atoms with van der Waals surface area (Å²) in [5.41, 5.74) is 0.851. The van der Waals surface area contributed by atoms with Crippen LogP contribution < -0.4 is 10.9 Å². The molecule has 8 heteroatoms. The normalized spacial score (nSPS) is 12.7. The molecule has 3 rings (SSSR count). The Morgan fingerprint density at radius 2 is 1.71 bits per heavy atom. The van der Waals surface area contributed by atoms with Crippen LogP contribution in [0.3, 0.4) is 0 Å². The van der Waals surface area contributed by atoms with E-state index in [9.17, 15) is 22.8 Å². The molecule has 0 aliphatic rings. The number of rotatable bonds is 5. The van der Waals surface area contributed by atoms with Gasteiger partial charge in [-0.15, -0.1) is 0 Å². The fraction of sp³-hybridized carbons (Fsp3) is 0.348. The minimum atomic E-state index is -4.93. The smallest absolute Gasteiger partial charge is 0.350 e. The average Bonchev–Trinajstić information content (AvgIpc) is 2.70. The summed E-state index contributed by atoms with van der Waals surface area (Å²) in [6, 6.07) is 9.53. The molecule has 31 heavy (non-hydrogen) atoms. The number of nitrogens with one attached hydrogen (secondary N) is 1. The Morgan fingerprint density at radius 1 is 1.10 bits per heavy atom. The number of alkyl halides is 3. The van der Waals surface area contributed by atoms with Crippen molar-refractivity contribution in [3.8, 4) is 0 Å². The Balaban J connectivity index is 2.09. The van der Waals surface area contributed by atoms with Crippen molar-refractivity contribution in [3.63, 3.8) is 0 Å². The van der Waals surface area contributed by atoms with Crippen molar-refractivity contribution in [1.29, 1.82) is 0 Å². The molecule has 1 aromatic heterocycles. The van der Waals surface area contributed by atoms with Crippen molar-refractivity contribution in [1.82, 2.24) is 14.9 Å². The van der Waals surface area contributed by atoms with Gasteiger partial charge in [0.05, 0.1) is 11.0 Å². The van der Waals surface area contributed by atoms with Gasteiger partial charge in [0.1, 0.15) is 6.04 Å². The second-order valence-electron chi connectivity index (χ2n) is 7.69. The standard InChI is InChI=1S/C23H24F3N3O2/c1-5-18(21(30)27-12-16-8-6-13(2)7-9-16)29-19-11-15(4)14(3)10-17(19)28-20(22(29)31)23(24,25)26/h6-11,18H,5,12H2,1-4H3,(H,27,30)/t18-/m1/s1. The third-order valence-electron chi connectivity index (χ3n) is 5.36. The first kappa shape index (κ1) is 22.5. The zero-order valence-corrected chi connectivity index (χ0v) is 17.8. The summed E-state index contributed by atoms with van der Waals surface area (Å²) in [6.07, 6.45) is -4.79. The number of aryl methyl sites for hydroxylation is 3. The highest BCUT2D eigenvalue weighted by Gasteiger charge is 2.38. The molecular weight excluding hydrogens is 407 g/mol. The van der Waals surface area contributed by atoms with E-state index in [2.05, 4.69) is 10.3 Å². The van der Waals surface area contributed by atoms with E-state index in [1.165, 1.54) is 6.07 Å². The minimum absolute atomic E-state index is 0.0276. The molecule has 5 nitrogen and oxygen atoms in total. The van der Waals surface area contributed by atoms with Crippen molar-refractivity contribution in [2.24, 2.45) is 0 Å². The van der Waals surface area contributed by atoms with Crippen LogP contribution in [0.5, 0.6) is 0 Å². The summed E-state index contributed by atoms with van der Waals surface area (Å²) in [6.45, 7) is 7.35. The van der Waals surface area contributed by atoms with Crippen LogP contribution in [0, 0.1) is 20.8 Å². The van der Waals surface area contributed by atoms with E-state index in [1.54, 1.807) is 26.8 Å². The highest BCUT2D eigenvalue weighted by atomic mass is 19.4. The molecule has 0 bridgehead atoms. The van der Waals surface area contributed by atoms with Crippen LogP contribution in [0.25, 0.3) is 11.0 Å². The molecule has 0 saturated carbocycles. The Bertz CT molecular complexity index is 1180. The maximum Gasteiger partial charge on any atom is 0.438 e. The zero-order chi connectivity index (χ0) is 22.9. The molecule has 1 atom stereocenters. The molecule has 0 aliphatic carbocycles. The molecule has 1 amide bonds. The van der Waals surface area contributed by atoms with Gasteiger partial charge in [0.25, 0.3) is 5.56 Å². The quantitative estimate of drug-likeness (QED) is 0.642. The lowest BCUT2D eigenvalue weighted by atomic mass is 10.1. The summed E-state index contributed by atoms with van der Waals surface area (Å²) < 4.78 is 41.5. The van der Waals surface area contributed by atoms with Crippen molar-refractivity contribution in [2.75, 3.05) is 0 Å². The Kier molecular flexibility index (Phi) is 6.20. The van der Waals surface area contributed by atoms with Gasteiger partial charge in [0.2, 0.25) is 11.6 Å². The van der Waals surface area contributed by atoms with E-state index in [-0.39, 0.29) is 24.0 Å². The van der Waals surface area contributed by atoms with Gasteiger partial charge in [-0.3, -0.25) is 14.2 Å². The molecule has 1 heterocycles. The monoisotopic (exact) mass is 431 g/mol. The molecule has 0 fully saturated rings. The number of fused-ring (bicyclic) bond motifs is 1. The minimum Gasteiger partial charge on any atom is -0.350 e. The third-order valence-corrected chi connectivity index (χ3v) is 5.36. The molecule has 0 unspecified atom stereocenters. The van der Waals surface area contributed by atoms with E-state index in [1.807, 2.05) is 31.2 Å². The molecule has 1 N–H and O–H groups in total. The lowest BCUT2D eigenvalue weighted by Crippen LogP contribution is -2.40. The largest absolute Gasteiger partial charge is 0.438 e. The summed E-state index contributed by atoms with van der Waals surface area (Å²) in [5, 5.41) is 2.74. The fourth-order valence-electron chi connectivity index (χ4n) is 3.45. The molecule has 0 radical (unpaired) electrons. The molecule has 3 aromatic rings. The lowest BCUT2D eigenvalue weighted by Gasteiger charge is -2.22. The van der Waals surface area contributed by atoms with Gasteiger partial charge in [-0.1, -0.05) is 36.8 Å². The summed E-state index contributed by atoms with van der Waals surface area (Å²) in [4.78, 5) is 29.4. The molecule has 164 valence electrons. The second-order valence-corrected chi connectivity index (χ2v) is 7.69. The van der Waals surface area contributed by atoms with E-state index < -0.39 is 29.4 Å². The van der Waals surface area contributed by atoms with Crippen molar-refractivity contribution in [3.05, 3.63) is 74.7 Å². The molecular formula is C23H24F3N3O2. The number of hydrogen-bond donors (Lipinski definition) is 1. The molecule has 0 aliphatic heterocycles. The van der Waals surface area contributed by atoms with E-state index >= 15 is 0 Å². The summed E-state index contributed by atoms with van der Waals surface area (Å²) >= 11 is 0. The number of aromatic nitrogens is 2. The van der Waals surface area contributed by atoms with Crippen LogP contribution >= 0.6 is 0 Å². The number of hydrogen-bond acceptors (Lipinski definition) is 3. The maximum atomic E-state index is 13.5. The van der Waals surface area contributed by atoms with Gasteiger partial charge in [-0.05, 0) is 56.0 Å². The van der Waals surface area contributed by atoms with Crippen LogP contribution in [0.15, 0.2) is 41.2 Å². The van der Waals surface area contributed by atoms with Crippen molar-refractivity contribution >= 4 is 16.9 Å². The number of benzene rings is 2. The Labute approximate surface area is 177 Å². The van der Waals surface area contributed by atoms with Crippen molar-refractivity contribution < 1.29 is 18.0 Å². The SMILES string of the molecule is CC[C@H](C(=O)NCc1ccc(C)cc1)n1c(=O)c(C(F)(F)F)nc2cc(C)c(C)cc21. The van der Waals surface area contributed by atoms with Crippen LogP contribution in [-0.2, 0) is 17.5 Å². The Hall–Kier alpha value is -3.16. The summed E-state index contributed by atoms with van der Waals surface area (Å²) in [7, 11) is 0.